The summed E-state index contributed by atoms with van der Waals surface area (Å²) in [6.45, 7) is 3.76. The number of aryl methyl sites for hydroxylation is 1. The number of nitrogens with one attached hydrogen (secondary N) is 2. The van der Waals surface area contributed by atoms with Crippen molar-refractivity contribution in [3.8, 4) is 0 Å². The molecule has 1 aliphatic rings. The third kappa shape index (κ3) is 4.80. The first-order valence-electron chi connectivity index (χ1n) is 8.83. The molecule has 0 bridgehead atoms. The summed E-state index contributed by atoms with van der Waals surface area (Å²) in [5.41, 5.74) is 9.37. The third-order valence-electron chi connectivity index (χ3n) is 4.24. The van der Waals surface area contributed by atoms with Gasteiger partial charge in [0.15, 0.2) is 5.17 Å². The Balaban J connectivity index is 1.71. The van der Waals surface area contributed by atoms with Gasteiger partial charge >= 0.3 is 0 Å². The van der Waals surface area contributed by atoms with Crippen LogP contribution < -0.4 is 16.4 Å². The Labute approximate surface area is 168 Å². The highest BCUT2D eigenvalue weighted by atomic mass is 32.2. The summed E-state index contributed by atoms with van der Waals surface area (Å²) in [5.74, 6) is -0.442. The molecule has 7 heteroatoms. The molecule has 28 heavy (non-hydrogen) atoms. The Hall–Kier alpha value is -3.06. The maximum atomic E-state index is 12.3. The number of benzene rings is 2. The van der Waals surface area contributed by atoms with E-state index in [4.69, 9.17) is 5.73 Å². The number of hydrogen-bond acceptors (Lipinski definition) is 5. The number of anilines is 1. The molecular formula is C21H22N4O2S. The van der Waals surface area contributed by atoms with Crippen LogP contribution in [0, 0.1) is 6.92 Å². The molecule has 1 aliphatic heterocycles. The number of aliphatic imine (C=N–C) groups is 1. The number of primary amides is 1. The number of amides is 2. The molecule has 0 fully saturated rings. The number of amidine groups is 1. The Kier molecular flexibility index (Phi) is 6.16. The lowest BCUT2D eigenvalue weighted by Gasteiger charge is -2.25. The number of rotatable bonds is 5. The fourth-order valence-corrected chi connectivity index (χ4v) is 3.72. The van der Waals surface area contributed by atoms with E-state index in [1.54, 1.807) is 6.92 Å². The molecule has 2 aromatic carbocycles. The van der Waals surface area contributed by atoms with Gasteiger partial charge in [0, 0.05) is 11.4 Å². The van der Waals surface area contributed by atoms with Gasteiger partial charge in [-0.1, -0.05) is 54.2 Å². The lowest BCUT2D eigenvalue weighted by molar-refractivity contribution is -0.115. The highest BCUT2D eigenvalue weighted by Crippen LogP contribution is 2.31. The van der Waals surface area contributed by atoms with Crippen LogP contribution in [0.25, 0.3) is 0 Å². The van der Waals surface area contributed by atoms with E-state index < -0.39 is 11.9 Å². The molecule has 4 N–H and O–H groups in total. The van der Waals surface area contributed by atoms with E-state index in [1.807, 2.05) is 61.5 Å². The van der Waals surface area contributed by atoms with E-state index in [2.05, 4.69) is 15.6 Å². The largest absolute Gasteiger partial charge is 0.366 e. The van der Waals surface area contributed by atoms with Crippen molar-refractivity contribution < 1.29 is 9.59 Å². The maximum Gasteiger partial charge on any atom is 0.248 e. The van der Waals surface area contributed by atoms with Crippen LogP contribution in [0.5, 0.6) is 0 Å². The minimum atomic E-state index is -0.510. The predicted molar refractivity (Wildman–Crippen MR) is 114 cm³/mol. The molecule has 2 aromatic rings. The van der Waals surface area contributed by atoms with Crippen molar-refractivity contribution in [2.24, 2.45) is 10.7 Å². The van der Waals surface area contributed by atoms with Gasteiger partial charge in [-0.3, -0.25) is 9.59 Å². The molecule has 3 rings (SSSR count). The summed E-state index contributed by atoms with van der Waals surface area (Å²) in [6, 6.07) is 16.6. The van der Waals surface area contributed by atoms with E-state index in [0.29, 0.717) is 16.4 Å². The number of carbonyl (C=O) groups excluding carboxylic acids is 2. The van der Waals surface area contributed by atoms with E-state index in [0.717, 1.165) is 16.8 Å². The number of thioether (sulfide) groups is 1. The minimum Gasteiger partial charge on any atom is -0.366 e. The van der Waals surface area contributed by atoms with Crippen LogP contribution in [-0.2, 0) is 9.59 Å². The van der Waals surface area contributed by atoms with Crippen molar-refractivity contribution in [2.45, 2.75) is 19.9 Å². The smallest absolute Gasteiger partial charge is 0.248 e. The first kappa shape index (κ1) is 19.7. The van der Waals surface area contributed by atoms with Gasteiger partial charge in [0.05, 0.1) is 11.3 Å². The van der Waals surface area contributed by atoms with Crippen molar-refractivity contribution in [1.29, 1.82) is 0 Å². The number of nitrogens with two attached hydrogens (primary N) is 1. The molecule has 2 amide bonds. The van der Waals surface area contributed by atoms with Crippen molar-refractivity contribution >= 4 is 34.4 Å². The molecule has 1 atom stereocenters. The number of nitrogens with zero attached hydrogens (tertiary/aromatic N) is 1. The van der Waals surface area contributed by atoms with Crippen molar-refractivity contribution in [3.05, 3.63) is 77.0 Å². The van der Waals surface area contributed by atoms with Crippen LogP contribution in [0.15, 0.2) is 70.9 Å². The molecule has 1 unspecified atom stereocenters. The summed E-state index contributed by atoms with van der Waals surface area (Å²) in [6.07, 6.45) is 0. The minimum absolute atomic E-state index is 0.126. The third-order valence-corrected chi connectivity index (χ3v) is 5.13. The second kappa shape index (κ2) is 8.75. The molecular weight excluding hydrogens is 372 g/mol. The van der Waals surface area contributed by atoms with Crippen LogP contribution >= 0.6 is 11.8 Å². The van der Waals surface area contributed by atoms with Gasteiger partial charge in [0.25, 0.3) is 0 Å². The Morgan fingerprint density at radius 2 is 1.89 bits per heavy atom. The van der Waals surface area contributed by atoms with Gasteiger partial charge in [-0.2, -0.15) is 0 Å². The highest BCUT2D eigenvalue weighted by molar-refractivity contribution is 8.14. The molecule has 0 spiro atoms. The fraction of sp³-hybridized carbons (Fsp3) is 0.190. The zero-order valence-corrected chi connectivity index (χ0v) is 16.5. The second-order valence-electron chi connectivity index (χ2n) is 6.48. The first-order valence-corrected chi connectivity index (χ1v) is 9.82. The Morgan fingerprint density at radius 1 is 1.14 bits per heavy atom. The molecule has 0 radical (unpaired) electrons. The SMILES string of the molecule is CC1=C(C(N)=O)C(c2ccccc2)N=C(SCC(=O)Nc2cccc(C)c2)N1. The van der Waals surface area contributed by atoms with Crippen LogP contribution in [0.3, 0.4) is 0 Å². The van der Waals surface area contributed by atoms with E-state index in [1.165, 1.54) is 11.8 Å². The van der Waals surface area contributed by atoms with Crippen molar-refractivity contribution in [3.63, 3.8) is 0 Å². The van der Waals surface area contributed by atoms with Gasteiger partial charge in [-0.05, 0) is 37.1 Å². The topological polar surface area (TPSA) is 96.6 Å². The zero-order chi connectivity index (χ0) is 20.1. The van der Waals surface area contributed by atoms with Crippen molar-refractivity contribution in [2.75, 3.05) is 11.1 Å². The Morgan fingerprint density at radius 3 is 2.57 bits per heavy atom. The summed E-state index contributed by atoms with van der Waals surface area (Å²) in [5, 5.41) is 6.54. The van der Waals surface area contributed by atoms with Crippen LogP contribution in [0.1, 0.15) is 24.1 Å². The lowest BCUT2D eigenvalue weighted by Crippen LogP contribution is -2.33. The fourth-order valence-electron chi connectivity index (χ4n) is 2.97. The van der Waals surface area contributed by atoms with Crippen molar-refractivity contribution in [1.82, 2.24) is 5.32 Å². The molecule has 1 heterocycles. The summed E-state index contributed by atoms with van der Waals surface area (Å²) < 4.78 is 0. The standard InChI is InChI=1S/C21H22N4O2S/c1-13-7-6-10-16(11-13)24-17(26)12-28-21-23-14(2)18(20(22)27)19(25-21)15-8-4-3-5-9-15/h3-11,19H,12H2,1-2H3,(H2,22,27)(H,23,25)(H,24,26). The summed E-state index contributed by atoms with van der Waals surface area (Å²) in [7, 11) is 0. The Bertz CT molecular complexity index is 954. The average Bonchev–Trinajstić information content (AvgIpc) is 2.66. The van der Waals surface area contributed by atoms with Gasteiger partial charge in [0.2, 0.25) is 11.8 Å². The van der Waals surface area contributed by atoms with Gasteiger partial charge in [0.1, 0.15) is 6.04 Å². The van der Waals surface area contributed by atoms with E-state index in [-0.39, 0.29) is 11.7 Å². The predicted octanol–water partition coefficient (Wildman–Crippen LogP) is 3.13. The van der Waals surface area contributed by atoms with E-state index in [9.17, 15) is 9.59 Å². The molecule has 0 aromatic heterocycles. The van der Waals surface area contributed by atoms with Gasteiger partial charge < -0.3 is 16.4 Å². The lowest BCUT2D eigenvalue weighted by atomic mass is 9.96. The first-order chi connectivity index (χ1) is 13.4. The number of hydrogen-bond donors (Lipinski definition) is 3. The quantitative estimate of drug-likeness (QED) is 0.726. The van der Waals surface area contributed by atoms with Gasteiger partial charge in [-0.25, -0.2) is 4.99 Å². The van der Waals surface area contributed by atoms with Crippen LogP contribution in [0.4, 0.5) is 5.69 Å². The molecule has 0 saturated heterocycles. The number of allylic oxidation sites excluding steroid dienone is 1. The average molecular weight is 395 g/mol. The van der Waals surface area contributed by atoms with Crippen LogP contribution in [-0.4, -0.2) is 22.7 Å². The molecule has 0 aliphatic carbocycles. The normalized spacial score (nSPS) is 16.2. The molecule has 0 saturated carbocycles. The zero-order valence-electron chi connectivity index (χ0n) is 15.7. The number of carbonyl (C=O) groups is 2. The van der Waals surface area contributed by atoms with Gasteiger partial charge in [-0.15, -0.1) is 0 Å². The summed E-state index contributed by atoms with van der Waals surface area (Å²) in [4.78, 5) is 28.8. The second-order valence-corrected chi connectivity index (χ2v) is 7.45. The highest BCUT2D eigenvalue weighted by Gasteiger charge is 2.28. The monoisotopic (exact) mass is 394 g/mol. The van der Waals surface area contributed by atoms with Crippen LogP contribution in [0.2, 0.25) is 0 Å². The molecule has 144 valence electrons. The van der Waals surface area contributed by atoms with E-state index >= 15 is 0 Å². The molecule has 6 nitrogen and oxygen atoms in total. The maximum absolute atomic E-state index is 12.3. The summed E-state index contributed by atoms with van der Waals surface area (Å²) >= 11 is 1.29.